The van der Waals surface area contributed by atoms with Gasteiger partial charge in [0.05, 0.1) is 12.9 Å². The number of nitrogens with one attached hydrogen (secondary N) is 6. The van der Waals surface area contributed by atoms with Gasteiger partial charge in [-0.05, 0) is 19.3 Å². The summed E-state index contributed by atoms with van der Waals surface area (Å²) in [5, 5.41) is 22.4. The zero-order valence-electron chi connectivity index (χ0n) is 19.7. The van der Waals surface area contributed by atoms with Gasteiger partial charge in [-0.2, -0.15) is 0 Å². The molecule has 5 atom stereocenters. The molecule has 5 amide bonds. The van der Waals surface area contributed by atoms with Gasteiger partial charge in [0.2, 0.25) is 29.5 Å². The van der Waals surface area contributed by atoms with Crippen molar-refractivity contribution in [2.75, 3.05) is 6.61 Å². The normalized spacial score (nSPS) is 27.6. The Bertz CT molecular complexity index is 888. The van der Waals surface area contributed by atoms with E-state index >= 15 is 0 Å². The summed E-state index contributed by atoms with van der Waals surface area (Å²) in [5.74, 6) is -3.65. The van der Waals surface area contributed by atoms with Crippen molar-refractivity contribution in [2.24, 2.45) is 5.92 Å². The van der Waals surface area contributed by atoms with Crippen LogP contribution < -0.4 is 26.6 Å². The van der Waals surface area contributed by atoms with Crippen molar-refractivity contribution in [3.05, 3.63) is 18.2 Å². The molecular weight excluding hydrogens is 446 g/mol. The van der Waals surface area contributed by atoms with Crippen molar-refractivity contribution < 1.29 is 29.1 Å². The van der Waals surface area contributed by atoms with E-state index in [1.165, 1.54) is 19.4 Å². The molecular formula is C21H33N7O6. The van der Waals surface area contributed by atoms with Gasteiger partial charge in [-0.15, -0.1) is 0 Å². The first-order valence-corrected chi connectivity index (χ1v) is 11.2. The van der Waals surface area contributed by atoms with E-state index in [-0.39, 0.29) is 18.8 Å². The molecule has 34 heavy (non-hydrogen) atoms. The molecule has 0 unspecified atom stereocenters. The quantitative estimate of drug-likeness (QED) is 0.242. The molecule has 1 saturated heterocycles. The molecule has 1 aromatic rings. The average molecular weight is 480 g/mol. The summed E-state index contributed by atoms with van der Waals surface area (Å²) < 4.78 is 0. The largest absolute Gasteiger partial charge is 0.394 e. The van der Waals surface area contributed by atoms with Crippen molar-refractivity contribution >= 4 is 29.5 Å². The minimum Gasteiger partial charge on any atom is -0.394 e. The molecule has 1 aliphatic rings. The summed E-state index contributed by atoms with van der Waals surface area (Å²) in [6.07, 6.45) is 3.11. The van der Waals surface area contributed by atoms with Gasteiger partial charge in [-0.3, -0.25) is 24.0 Å². The number of carbonyl (C=O) groups is 5. The van der Waals surface area contributed by atoms with E-state index in [1.54, 1.807) is 20.8 Å². The fourth-order valence-electron chi connectivity index (χ4n) is 3.37. The SMILES string of the molecule is CC[C@@H]1NC(=O)[C@H](C(C)C)NC(=O)[C@H](C)NC(=O)[C@H](Cc2cnc[nH]2)NC(=O)[C@H](CO)NC1=O. The molecule has 0 bridgehead atoms. The Balaban J connectivity index is 2.39. The maximum Gasteiger partial charge on any atom is 0.245 e. The predicted molar refractivity (Wildman–Crippen MR) is 120 cm³/mol. The molecule has 1 fully saturated rings. The molecule has 2 heterocycles. The first-order chi connectivity index (χ1) is 16.1. The minimum atomic E-state index is -1.36. The Morgan fingerprint density at radius 1 is 0.853 bits per heavy atom. The highest BCUT2D eigenvalue weighted by Crippen LogP contribution is 2.06. The van der Waals surface area contributed by atoms with Gasteiger partial charge in [0, 0.05) is 18.3 Å². The molecule has 13 nitrogen and oxygen atoms in total. The summed E-state index contributed by atoms with van der Waals surface area (Å²) in [6.45, 7) is 5.85. The third-order valence-corrected chi connectivity index (χ3v) is 5.47. The second-order valence-electron chi connectivity index (χ2n) is 8.52. The highest BCUT2D eigenvalue weighted by Gasteiger charge is 2.34. The third-order valence-electron chi connectivity index (χ3n) is 5.47. The van der Waals surface area contributed by atoms with Crippen LogP contribution in [0.2, 0.25) is 0 Å². The lowest BCUT2D eigenvalue weighted by Gasteiger charge is -2.26. The van der Waals surface area contributed by atoms with Gasteiger partial charge >= 0.3 is 0 Å². The van der Waals surface area contributed by atoms with E-state index in [1.807, 2.05) is 0 Å². The Morgan fingerprint density at radius 3 is 2.00 bits per heavy atom. The number of hydrogen-bond donors (Lipinski definition) is 7. The number of aliphatic hydroxyl groups is 1. The van der Waals surface area contributed by atoms with Crippen LogP contribution in [0.3, 0.4) is 0 Å². The topological polar surface area (TPSA) is 194 Å². The standard InChI is InChI=1S/C21H33N7O6/c1-5-13-18(31)27-15(8-29)20(33)26-14(6-12-7-22-9-23-12)19(32)24-11(4)17(30)28-16(10(2)3)21(34)25-13/h7,9-11,13-16,29H,5-6,8H2,1-4H3,(H,22,23)(H,24,32)(H,25,34)(H,26,33)(H,27,31)(H,28,30)/t11-,13-,14-,15-,16-/m0/s1. The number of rotatable bonds is 5. The molecule has 1 aromatic heterocycles. The molecule has 188 valence electrons. The Labute approximate surface area is 197 Å². The fraction of sp³-hybridized carbons (Fsp3) is 0.619. The van der Waals surface area contributed by atoms with E-state index in [4.69, 9.17) is 0 Å². The van der Waals surface area contributed by atoms with Crippen molar-refractivity contribution in [1.82, 2.24) is 36.6 Å². The lowest BCUT2D eigenvalue weighted by molar-refractivity contribution is -0.135. The number of aromatic amines is 1. The van der Waals surface area contributed by atoms with E-state index in [0.717, 1.165) is 0 Å². The van der Waals surface area contributed by atoms with E-state index in [2.05, 4.69) is 36.6 Å². The molecule has 0 saturated carbocycles. The van der Waals surface area contributed by atoms with Crippen molar-refractivity contribution in [3.63, 3.8) is 0 Å². The summed E-state index contributed by atoms with van der Waals surface area (Å²) in [6, 6.07) is -5.49. The molecule has 1 aliphatic heterocycles. The van der Waals surface area contributed by atoms with Crippen LogP contribution in [0, 0.1) is 5.92 Å². The number of amides is 5. The summed E-state index contributed by atoms with van der Waals surface area (Å²) in [7, 11) is 0. The number of imidazole rings is 1. The summed E-state index contributed by atoms with van der Waals surface area (Å²) >= 11 is 0. The number of aliphatic hydroxyl groups excluding tert-OH is 1. The lowest BCUT2D eigenvalue weighted by Crippen LogP contribution is -2.59. The second kappa shape index (κ2) is 12.1. The number of carbonyl (C=O) groups excluding carboxylic acids is 5. The van der Waals surface area contributed by atoms with Crippen LogP contribution in [0.15, 0.2) is 12.5 Å². The first-order valence-electron chi connectivity index (χ1n) is 11.2. The van der Waals surface area contributed by atoms with Crippen LogP contribution in [-0.4, -0.2) is 81.4 Å². The molecule has 0 aliphatic carbocycles. The van der Waals surface area contributed by atoms with Crippen molar-refractivity contribution in [2.45, 2.75) is 70.7 Å². The Hall–Kier alpha value is -3.48. The summed E-state index contributed by atoms with van der Waals surface area (Å²) in [5.41, 5.74) is 0.542. The Kier molecular flexibility index (Phi) is 9.54. The highest BCUT2D eigenvalue weighted by molar-refractivity contribution is 5.97. The zero-order chi connectivity index (χ0) is 25.4. The van der Waals surface area contributed by atoms with Crippen LogP contribution in [0.5, 0.6) is 0 Å². The molecule has 0 aromatic carbocycles. The van der Waals surface area contributed by atoms with Gasteiger partial charge in [0.15, 0.2) is 0 Å². The van der Waals surface area contributed by atoms with E-state index in [0.29, 0.717) is 5.69 Å². The number of aromatic nitrogens is 2. The summed E-state index contributed by atoms with van der Waals surface area (Å²) in [4.78, 5) is 70.8. The van der Waals surface area contributed by atoms with Crippen LogP contribution in [0.25, 0.3) is 0 Å². The van der Waals surface area contributed by atoms with Gasteiger partial charge in [-0.1, -0.05) is 20.8 Å². The zero-order valence-corrected chi connectivity index (χ0v) is 19.7. The Morgan fingerprint density at radius 2 is 1.44 bits per heavy atom. The average Bonchev–Trinajstić information content (AvgIpc) is 3.30. The number of nitrogens with zero attached hydrogens (tertiary/aromatic N) is 1. The van der Waals surface area contributed by atoms with Gasteiger partial charge in [0.1, 0.15) is 30.2 Å². The molecule has 0 spiro atoms. The number of hydrogen-bond acceptors (Lipinski definition) is 7. The second-order valence-corrected chi connectivity index (χ2v) is 8.52. The van der Waals surface area contributed by atoms with Gasteiger partial charge in [0.25, 0.3) is 0 Å². The molecule has 13 heteroatoms. The predicted octanol–water partition coefficient (Wildman–Crippen LogP) is -2.53. The van der Waals surface area contributed by atoms with Crippen molar-refractivity contribution in [3.8, 4) is 0 Å². The van der Waals surface area contributed by atoms with E-state index in [9.17, 15) is 29.1 Å². The van der Waals surface area contributed by atoms with E-state index < -0.39 is 66.4 Å². The maximum atomic E-state index is 12.9. The maximum absolute atomic E-state index is 12.9. The van der Waals surface area contributed by atoms with Crippen LogP contribution in [0.4, 0.5) is 0 Å². The highest BCUT2D eigenvalue weighted by atomic mass is 16.3. The first kappa shape index (κ1) is 26.8. The van der Waals surface area contributed by atoms with Gasteiger partial charge in [-0.25, -0.2) is 4.98 Å². The molecule has 0 radical (unpaired) electrons. The molecule has 2 rings (SSSR count). The minimum absolute atomic E-state index is 0.0181. The fourth-order valence-corrected chi connectivity index (χ4v) is 3.37. The smallest absolute Gasteiger partial charge is 0.245 e. The van der Waals surface area contributed by atoms with Crippen LogP contribution in [-0.2, 0) is 30.4 Å². The van der Waals surface area contributed by atoms with Crippen molar-refractivity contribution in [1.29, 1.82) is 0 Å². The van der Waals surface area contributed by atoms with Crippen LogP contribution >= 0.6 is 0 Å². The number of H-pyrrole nitrogens is 1. The molecule has 7 N–H and O–H groups in total. The van der Waals surface area contributed by atoms with Gasteiger partial charge < -0.3 is 36.7 Å². The van der Waals surface area contributed by atoms with Crippen LogP contribution in [0.1, 0.15) is 39.8 Å². The third kappa shape index (κ3) is 7.01. The lowest BCUT2D eigenvalue weighted by atomic mass is 10.0. The monoisotopic (exact) mass is 479 g/mol.